The first-order valence-electron chi connectivity index (χ1n) is 7.35. The molecule has 0 amide bonds. The van der Waals surface area contributed by atoms with Crippen molar-refractivity contribution in [1.29, 1.82) is 0 Å². The highest BCUT2D eigenvalue weighted by atomic mass is 16.5. The van der Waals surface area contributed by atoms with E-state index in [1.54, 1.807) is 6.08 Å². The molecule has 0 aromatic carbocycles. The minimum absolute atomic E-state index is 0.261. The number of allylic oxidation sites excluding steroid dienone is 1. The number of rotatable bonds is 9. The third kappa shape index (κ3) is 7.49. The van der Waals surface area contributed by atoms with Gasteiger partial charge in [0.25, 0.3) is 0 Å². The van der Waals surface area contributed by atoms with Gasteiger partial charge in [0.1, 0.15) is 0 Å². The van der Waals surface area contributed by atoms with E-state index in [-0.39, 0.29) is 5.78 Å². The summed E-state index contributed by atoms with van der Waals surface area (Å²) in [7, 11) is 0. The standard InChI is InChI=1S/C15H27NO2/c1-2-3-4-5-6-7-8-15(17)9-10-16-11-13-18-14-12-16/h9-10H,2-8,11-14H2,1H3/b10-9+. The maximum absolute atomic E-state index is 11.6. The molecule has 0 unspecified atom stereocenters. The molecule has 104 valence electrons. The summed E-state index contributed by atoms with van der Waals surface area (Å²) in [6, 6.07) is 0. The van der Waals surface area contributed by atoms with Gasteiger partial charge in [-0.1, -0.05) is 39.0 Å². The Labute approximate surface area is 111 Å². The Morgan fingerprint density at radius 3 is 2.50 bits per heavy atom. The first-order chi connectivity index (χ1) is 8.83. The second-order valence-corrected chi connectivity index (χ2v) is 4.95. The maximum Gasteiger partial charge on any atom is 0.157 e. The molecule has 0 atom stereocenters. The molecule has 1 fully saturated rings. The van der Waals surface area contributed by atoms with E-state index >= 15 is 0 Å². The van der Waals surface area contributed by atoms with Gasteiger partial charge in [0, 0.05) is 25.7 Å². The summed E-state index contributed by atoms with van der Waals surface area (Å²) in [6.45, 7) is 5.58. The van der Waals surface area contributed by atoms with Crippen LogP contribution in [0.1, 0.15) is 51.9 Å². The Hall–Kier alpha value is -0.830. The molecule has 0 N–H and O–H groups in total. The quantitative estimate of drug-likeness (QED) is 0.467. The van der Waals surface area contributed by atoms with Gasteiger partial charge in [0.15, 0.2) is 5.78 Å². The number of hydrogen-bond donors (Lipinski definition) is 0. The first kappa shape index (κ1) is 15.2. The van der Waals surface area contributed by atoms with Crippen molar-refractivity contribution in [1.82, 2.24) is 4.90 Å². The van der Waals surface area contributed by atoms with E-state index < -0.39 is 0 Å². The highest BCUT2D eigenvalue weighted by Crippen LogP contribution is 2.07. The Morgan fingerprint density at radius 2 is 1.78 bits per heavy atom. The molecular formula is C15H27NO2. The van der Waals surface area contributed by atoms with Crippen molar-refractivity contribution in [3.8, 4) is 0 Å². The van der Waals surface area contributed by atoms with Crippen LogP contribution in [0.2, 0.25) is 0 Å². The zero-order valence-electron chi connectivity index (χ0n) is 11.7. The highest BCUT2D eigenvalue weighted by Gasteiger charge is 2.05. The van der Waals surface area contributed by atoms with E-state index in [0.717, 1.165) is 32.7 Å². The molecule has 3 heteroatoms. The van der Waals surface area contributed by atoms with Crippen molar-refractivity contribution in [2.45, 2.75) is 51.9 Å². The molecule has 1 aliphatic heterocycles. The number of carbonyl (C=O) groups is 1. The van der Waals surface area contributed by atoms with Gasteiger partial charge in [-0.2, -0.15) is 0 Å². The number of nitrogens with zero attached hydrogens (tertiary/aromatic N) is 1. The van der Waals surface area contributed by atoms with Crippen LogP contribution in [0, 0.1) is 0 Å². The summed E-state index contributed by atoms with van der Waals surface area (Å²) in [6.07, 6.45) is 11.8. The summed E-state index contributed by atoms with van der Waals surface area (Å²) in [4.78, 5) is 13.8. The SMILES string of the molecule is CCCCCCCCC(=O)/C=C/N1CCOCC1. The van der Waals surface area contributed by atoms with Gasteiger partial charge in [-0.3, -0.25) is 4.79 Å². The fraction of sp³-hybridized carbons (Fsp3) is 0.800. The monoisotopic (exact) mass is 253 g/mol. The predicted molar refractivity (Wildman–Crippen MR) is 74.5 cm³/mol. The molecule has 1 aliphatic rings. The number of unbranched alkanes of at least 4 members (excludes halogenated alkanes) is 5. The average Bonchev–Trinajstić information content (AvgIpc) is 2.41. The minimum Gasteiger partial charge on any atom is -0.378 e. The molecule has 0 aliphatic carbocycles. The Kier molecular flexibility index (Phi) is 8.57. The Bertz CT molecular complexity index is 245. The third-order valence-electron chi connectivity index (χ3n) is 3.29. The fourth-order valence-corrected chi connectivity index (χ4v) is 2.08. The predicted octanol–water partition coefficient (Wildman–Crippen LogP) is 3.15. The van der Waals surface area contributed by atoms with Gasteiger partial charge in [0.05, 0.1) is 13.2 Å². The van der Waals surface area contributed by atoms with Crippen LogP contribution in [0.5, 0.6) is 0 Å². The van der Waals surface area contributed by atoms with E-state index in [9.17, 15) is 4.79 Å². The van der Waals surface area contributed by atoms with E-state index in [0.29, 0.717) is 6.42 Å². The summed E-state index contributed by atoms with van der Waals surface area (Å²) in [5, 5.41) is 0. The van der Waals surface area contributed by atoms with Gasteiger partial charge < -0.3 is 9.64 Å². The molecule has 0 radical (unpaired) electrons. The zero-order chi connectivity index (χ0) is 13.1. The van der Waals surface area contributed by atoms with Crippen LogP contribution in [-0.4, -0.2) is 37.0 Å². The normalized spacial score (nSPS) is 16.4. The van der Waals surface area contributed by atoms with Gasteiger partial charge >= 0.3 is 0 Å². The molecule has 0 saturated carbocycles. The second-order valence-electron chi connectivity index (χ2n) is 4.95. The topological polar surface area (TPSA) is 29.5 Å². The summed E-state index contributed by atoms with van der Waals surface area (Å²) in [5.41, 5.74) is 0. The number of hydrogen-bond acceptors (Lipinski definition) is 3. The van der Waals surface area contributed by atoms with E-state index in [2.05, 4.69) is 11.8 Å². The van der Waals surface area contributed by atoms with Crippen molar-refractivity contribution in [2.75, 3.05) is 26.3 Å². The molecule has 0 spiro atoms. The highest BCUT2D eigenvalue weighted by molar-refractivity contribution is 5.89. The largest absolute Gasteiger partial charge is 0.378 e. The van der Waals surface area contributed by atoms with Crippen LogP contribution < -0.4 is 0 Å². The summed E-state index contributed by atoms with van der Waals surface area (Å²) < 4.78 is 5.26. The summed E-state index contributed by atoms with van der Waals surface area (Å²) >= 11 is 0. The van der Waals surface area contributed by atoms with Crippen molar-refractivity contribution >= 4 is 5.78 Å². The Morgan fingerprint density at radius 1 is 1.11 bits per heavy atom. The second kappa shape index (κ2) is 10.1. The van der Waals surface area contributed by atoms with Crippen LogP contribution in [-0.2, 0) is 9.53 Å². The van der Waals surface area contributed by atoms with Crippen molar-refractivity contribution in [3.63, 3.8) is 0 Å². The number of carbonyl (C=O) groups excluding carboxylic acids is 1. The lowest BCUT2D eigenvalue weighted by atomic mass is 10.1. The Balaban J connectivity index is 2.00. The molecule has 3 nitrogen and oxygen atoms in total. The molecule has 18 heavy (non-hydrogen) atoms. The fourth-order valence-electron chi connectivity index (χ4n) is 2.08. The van der Waals surface area contributed by atoms with Gasteiger partial charge in [-0.05, 0) is 12.5 Å². The molecule has 1 saturated heterocycles. The van der Waals surface area contributed by atoms with Crippen LogP contribution in [0.4, 0.5) is 0 Å². The smallest absolute Gasteiger partial charge is 0.157 e. The van der Waals surface area contributed by atoms with E-state index in [4.69, 9.17) is 4.74 Å². The lowest BCUT2D eigenvalue weighted by molar-refractivity contribution is -0.114. The number of ketones is 1. The lowest BCUT2D eigenvalue weighted by Gasteiger charge is -2.24. The average molecular weight is 253 g/mol. The molecule has 0 bridgehead atoms. The van der Waals surface area contributed by atoms with Crippen molar-refractivity contribution < 1.29 is 9.53 Å². The number of ether oxygens (including phenoxy) is 1. The van der Waals surface area contributed by atoms with Crippen LogP contribution >= 0.6 is 0 Å². The van der Waals surface area contributed by atoms with Gasteiger partial charge in [-0.25, -0.2) is 0 Å². The molecular weight excluding hydrogens is 226 g/mol. The maximum atomic E-state index is 11.6. The van der Waals surface area contributed by atoms with E-state index in [1.807, 2.05) is 6.20 Å². The van der Waals surface area contributed by atoms with Gasteiger partial charge in [0.2, 0.25) is 0 Å². The first-order valence-corrected chi connectivity index (χ1v) is 7.35. The van der Waals surface area contributed by atoms with E-state index in [1.165, 1.54) is 32.1 Å². The lowest BCUT2D eigenvalue weighted by Crippen LogP contribution is -2.32. The van der Waals surface area contributed by atoms with Gasteiger partial charge in [-0.15, -0.1) is 0 Å². The zero-order valence-corrected chi connectivity index (χ0v) is 11.7. The minimum atomic E-state index is 0.261. The summed E-state index contributed by atoms with van der Waals surface area (Å²) in [5.74, 6) is 0.261. The molecule has 1 rings (SSSR count). The third-order valence-corrected chi connectivity index (χ3v) is 3.29. The van der Waals surface area contributed by atoms with Crippen LogP contribution in [0.15, 0.2) is 12.3 Å². The molecule has 1 heterocycles. The van der Waals surface area contributed by atoms with Crippen molar-refractivity contribution in [2.24, 2.45) is 0 Å². The molecule has 0 aromatic rings. The molecule has 0 aromatic heterocycles. The van der Waals surface area contributed by atoms with Crippen LogP contribution in [0.3, 0.4) is 0 Å². The van der Waals surface area contributed by atoms with Crippen LogP contribution in [0.25, 0.3) is 0 Å². The number of morpholine rings is 1. The van der Waals surface area contributed by atoms with Crippen molar-refractivity contribution in [3.05, 3.63) is 12.3 Å².